The van der Waals surface area contributed by atoms with Gasteiger partial charge in [-0.15, -0.1) is 0 Å². The molecule has 5 heteroatoms. The van der Waals surface area contributed by atoms with Crippen LogP contribution in [0.15, 0.2) is 22.8 Å². The molecule has 0 aromatic carbocycles. The second-order valence-electron chi connectivity index (χ2n) is 4.65. The maximum Gasteiger partial charge on any atom is 0.325 e. The van der Waals surface area contributed by atoms with E-state index in [2.05, 4.69) is 5.32 Å². The number of thioether (sulfide) groups is 1. The van der Waals surface area contributed by atoms with Gasteiger partial charge in [-0.25, -0.2) is 0 Å². The number of likely N-dealkylation sites (N-methyl/N-ethyl adjacent to an activating group) is 1. The quantitative estimate of drug-likeness (QED) is 0.758. The van der Waals surface area contributed by atoms with Crippen LogP contribution in [0.1, 0.15) is 25.5 Å². The van der Waals surface area contributed by atoms with E-state index in [0.29, 0.717) is 12.3 Å². The zero-order valence-corrected chi connectivity index (χ0v) is 11.3. The van der Waals surface area contributed by atoms with E-state index in [4.69, 9.17) is 4.42 Å². The van der Waals surface area contributed by atoms with Gasteiger partial charge in [-0.2, -0.15) is 11.8 Å². The number of aliphatic carboxylic acids is 1. The molecule has 0 bridgehead atoms. The molecule has 0 amide bonds. The number of carboxylic acid groups (broad SMARTS) is 1. The molecule has 0 radical (unpaired) electrons. The van der Waals surface area contributed by atoms with E-state index in [-0.39, 0.29) is 5.92 Å². The van der Waals surface area contributed by atoms with Crippen LogP contribution in [0.5, 0.6) is 0 Å². The van der Waals surface area contributed by atoms with Crippen molar-refractivity contribution >= 4 is 17.7 Å². The minimum atomic E-state index is -0.758. The second kappa shape index (κ2) is 5.80. The lowest BCUT2D eigenvalue weighted by atomic mass is 9.96. The number of furan rings is 1. The van der Waals surface area contributed by atoms with Crippen LogP contribution in [0.2, 0.25) is 0 Å². The highest BCUT2D eigenvalue weighted by Crippen LogP contribution is 2.42. The molecule has 0 aliphatic heterocycles. The highest BCUT2D eigenvalue weighted by atomic mass is 32.2. The van der Waals surface area contributed by atoms with Gasteiger partial charge in [0.05, 0.1) is 12.0 Å². The molecule has 1 aliphatic carbocycles. The molecule has 1 aliphatic rings. The summed E-state index contributed by atoms with van der Waals surface area (Å²) in [4.78, 5) is 11.6. The van der Waals surface area contributed by atoms with Gasteiger partial charge in [-0.1, -0.05) is 6.92 Å². The number of hydrogen-bond donors (Lipinski definition) is 2. The van der Waals surface area contributed by atoms with Crippen LogP contribution in [-0.2, 0) is 10.5 Å². The minimum Gasteiger partial charge on any atom is -0.480 e. The Bertz CT molecular complexity index is 389. The van der Waals surface area contributed by atoms with Gasteiger partial charge in [-0.3, -0.25) is 4.79 Å². The third-order valence-corrected chi connectivity index (χ3v) is 4.45. The monoisotopic (exact) mass is 269 g/mol. The highest BCUT2D eigenvalue weighted by Gasteiger charge is 2.50. The van der Waals surface area contributed by atoms with E-state index in [1.54, 1.807) is 18.0 Å². The van der Waals surface area contributed by atoms with Gasteiger partial charge in [0, 0.05) is 5.75 Å². The molecule has 1 fully saturated rings. The Kier molecular flexibility index (Phi) is 4.35. The van der Waals surface area contributed by atoms with Gasteiger partial charge in [0.2, 0.25) is 0 Å². The Morgan fingerprint density at radius 1 is 1.67 bits per heavy atom. The summed E-state index contributed by atoms with van der Waals surface area (Å²) >= 11 is 1.62. The fourth-order valence-corrected chi connectivity index (χ4v) is 3.47. The number of nitrogens with one attached hydrogen (secondary N) is 1. The van der Waals surface area contributed by atoms with Crippen molar-refractivity contribution < 1.29 is 14.3 Å². The molecule has 2 N–H and O–H groups in total. The molecule has 18 heavy (non-hydrogen) atoms. The van der Waals surface area contributed by atoms with E-state index in [9.17, 15) is 9.90 Å². The van der Waals surface area contributed by atoms with E-state index in [0.717, 1.165) is 24.4 Å². The summed E-state index contributed by atoms with van der Waals surface area (Å²) < 4.78 is 5.26. The summed E-state index contributed by atoms with van der Waals surface area (Å²) in [6, 6.07) is 3.77. The Morgan fingerprint density at radius 2 is 2.44 bits per heavy atom. The zero-order valence-electron chi connectivity index (χ0n) is 10.5. The predicted molar refractivity (Wildman–Crippen MR) is 71.6 cm³/mol. The van der Waals surface area contributed by atoms with Crippen LogP contribution in [0, 0.1) is 5.92 Å². The summed E-state index contributed by atoms with van der Waals surface area (Å²) in [6.45, 7) is 2.64. The van der Waals surface area contributed by atoms with Crippen LogP contribution in [0.25, 0.3) is 0 Å². The van der Waals surface area contributed by atoms with Gasteiger partial charge in [0.15, 0.2) is 0 Å². The third kappa shape index (κ3) is 2.90. The molecule has 1 aromatic heterocycles. The molecule has 1 unspecified atom stereocenters. The first kappa shape index (κ1) is 13.5. The third-order valence-electron chi connectivity index (χ3n) is 3.30. The van der Waals surface area contributed by atoms with Crippen LogP contribution in [-0.4, -0.2) is 28.9 Å². The van der Waals surface area contributed by atoms with Gasteiger partial charge in [-0.05, 0) is 37.4 Å². The van der Waals surface area contributed by atoms with E-state index in [1.807, 2.05) is 19.1 Å². The summed E-state index contributed by atoms with van der Waals surface area (Å²) in [6.07, 6.45) is 3.67. The topological polar surface area (TPSA) is 62.5 Å². The Hall–Kier alpha value is -0.940. The predicted octanol–water partition coefficient (Wildman–Crippen LogP) is 2.36. The van der Waals surface area contributed by atoms with Crippen molar-refractivity contribution in [1.29, 1.82) is 0 Å². The number of carbonyl (C=O) groups is 1. The minimum absolute atomic E-state index is 0.277. The summed E-state index contributed by atoms with van der Waals surface area (Å²) in [5.41, 5.74) is -0.758. The SMILES string of the molecule is CCNC(CSCc1ccco1)(C(=O)O)C1CC1. The van der Waals surface area contributed by atoms with Crippen molar-refractivity contribution in [3.63, 3.8) is 0 Å². The summed E-state index contributed by atoms with van der Waals surface area (Å²) in [5.74, 6) is 1.76. The van der Waals surface area contributed by atoms with Crippen molar-refractivity contribution in [2.24, 2.45) is 5.92 Å². The van der Waals surface area contributed by atoms with Crippen LogP contribution >= 0.6 is 11.8 Å². The fourth-order valence-electron chi connectivity index (χ4n) is 2.22. The van der Waals surface area contributed by atoms with E-state index >= 15 is 0 Å². The first-order chi connectivity index (χ1) is 8.69. The zero-order chi connectivity index (χ0) is 13.0. The maximum atomic E-state index is 11.6. The molecule has 4 nitrogen and oxygen atoms in total. The smallest absolute Gasteiger partial charge is 0.325 e. The fraction of sp³-hybridized carbons (Fsp3) is 0.615. The maximum absolute atomic E-state index is 11.6. The molecule has 2 rings (SSSR count). The standard InChI is InChI=1S/C13H19NO3S/c1-2-14-13(12(15)16,10-5-6-10)9-18-8-11-4-3-7-17-11/h3-4,7,10,14H,2,5-6,8-9H2,1H3,(H,15,16). The molecule has 1 atom stereocenters. The molecule has 1 heterocycles. The van der Waals surface area contributed by atoms with Crippen LogP contribution in [0.3, 0.4) is 0 Å². The van der Waals surface area contributed by atoms with Crippen molar-refractivity contribution in [3.05, 3.63) is 24.2 Å². The second-order valence-corrected chi connectivity index (χ2v) is 5.64. The average molecular weight is 269 g/mol. The number of rotatable bonds is 8. The molecule has 1 saturated carbocycles. The number of carboxylic acids is 1. The molecular formula is C13H19NO3S. The van der Waals surface area contributed by atoms with E-state index < -0.39 is 11.5 Å². The van der Waals surface area contributed by atoms with Crippen LogP contribution in [0.4, 0.5) is 0 Å². The lowest BCUT2D eigenvalue weighted by Crippen LogP contribution is -2.56. The summed E-state index contributed by atoms with van der Waals surface area (Å²) in [7, 11) is 0. The Balaban J connectivity index is 1.94. The normalized spacial score (nSPS) is 18.5. The lowest BCUT2D eigenvalue weighted by Gasteiger charge is -2.30. The van der Waals surface area contributed by atoms with Crippen LogP contribution < -0.4 is 5.32 Å². The first-order valence-corrected chi connectivity index (χ1v) is 7.43. The van der Waals surface area contributed by atoms with Crippen molar-refractivity contribution in [1.82, 2.24) is 5.32 Å². The molecule has 0 spiro atoms. The lowest BCUT2D eigenvalue weighted by molar-refractivity contribution is -0.144. The summed E-state index contributed by atoms with van der Waals surface area (Å²) in [5, 5.41) is 12.7. The van der Waals surface area contributed by atoms with Gasteiger partial charge < -0.3 is 14.8 Å². The average Bonchev–Trinajstić information content (AvgIpc) is 3.06. The van der Waals surface area contributed by atoms with Gasteiger partial charge >= 0.3 is 5.97 Å². The molecule has 1 aromatic rings. The highest BCUT2D eigenvalue weighted by molar-refractivity contribution is 7.98. The first-order valence-electron chi connectivity index (χ1n) is 6.27. The molecular weight excluding hydrogens is 250 g/mol. The van der Waals surface area contributed by atoms with E-state index in [1.165, 1.54) is 0 Å². The molecule has 0 saturated heterocycles. The van der Waals surface area contributed by atoms with Crippen molar-refractivity contribution in [2.45, 2.75) is 31.1 Å². The largest absolute Gasteiger partial charge is 0.480 e. The van der Waals surface area contributed by atoms with Crippen molar-refractivity contribution in [3.8, 4) is 0 Å². The van der Waals surface area contributed by atoms with Crippen molar-refractivity contribution in [2.75, 3.05) is 12.3 Å². The molecule has 100 valence electrons. The number of hydrogen-bond acceptors (Lipinski definition) is 4. The van der Waals surface area contributed by atoms with Gasteiger partial charge in [0.25, 0.3) is 0 Å². The Morgan fingerprint density at radius 3 is 2.94 bits per heavy atom. The van der Waals surface area contributed by atoms with Gasteiger partial charge in [0.1, 0.15) is 11.3 Å². The Labute approximate surface area is 111 Å².